The molecule has 0 aliphatic rings. The highest BCUT2D eigenvalue weighted by molar-refractivity contribution is 7.20. The third kappa shape index (κ3) is 4.43. The molecule has 0 unspecified atom stereocenters. The van der Waals surface area contributed by atoms with Gasteiger partial charge in [-0.15, -0.1) is 11.3 Å². The number of aromatic nitrogens is 2. The number of anilines is 2. The van der Waals surface area contributed by atoms with E-state index in [9.17, 15) is 9.59 Å². The maximum Gasteiger partial charge on any atom is 0.265 e. The number of para-hydroxylation sites is 1. The van der Waals surface area contributed by atoms with Crippen molar-refractivity contribution in [3.05, 3.63) is 75.7 Å². The van der Waals surface area contributed by atoms with Crippen molar-refractivity contribution in [3.63, 3.8) is 0 Å². The van der Waals surface area contributed by atoms with Crippen LogP contribution in [-0.4, -0.2) is 22.0 Å². The largest absolute Gasteiger partial charge is 0.321 e. The quantitative estimate of drug-likeness (QED) is 0.351. The monoisotopic (exact) mass is 446 g/mol. The lowest BCUT2D eigenvalue weighted by molar-refractivity contribution is -0.115. The van der Waals surface area contributed by atoms with E-state index in [1.54, 1.807) is 6.07 Å². The summed E-state index contributed by atoms with van der Waals surface area (Å²) in [6.45, 7) is 6.15. The molecular weight excluding hydrogens is 420 g/mol. The van der Waals surface area contributed by atoms with Gasteiger partial charge in [-0.1, -0.05) is 56.3 Å². The fourth-order valence-electron chi connectivity index (χ4n) is 3.76. The van der Waals surface area contributed by atoms with Crippen molar-refractivity contribution in [2.45, 2.75) is 40.0 Å². The van der Waals surface area contributed by atoms with Crippen molar-refractivity contribution in [2.24, 2.45) is 0 Å². The van der Waals surface area contributed by atoms with Crippen LogP contribution in [0.25, 0.3) is 10.2 Å². The van der Waals surface area contributed by atoms with Crippen molar-refractivity contribution < 1.29 is 9.59 Å². The molecule has 0 radical (unpaired) electrons. The zero-order valence-electron chi connectivity index (χ0n) is 18.4. The van der Waals surface area contributed by atoms with E-state index in [1.165, 1.54) is 11.3 Å². The fourth-order valence-corrected chi connectivity index (χ4v) is 4.65. The number of benzene rings is 2. The number of carbonyl (C=O) groups is 2. The average molecular weight is 447 g/mol. The van der Waals surface area contributed by atoms with Crippen LogP contribution in [0.15, 0.2) is 48.5 Å². The normalized spacial score (nSPS) is 11.0. The molecule has 2 aromatic carbocycles. The lowest BCUT2D eigenvalue weighted by atomic mass is 10.0. The molecule has 2 heterocycles. The Balaban J connectivity index is 1.52. The maximum absolute atomic E-state index is 13.0. The van der Waals surface area contributed by atoms with Gasteiger partial charge in [0.1, 0.15) is 10.6 Å². The molecule has 0 spiro atoms. The Hall–Kier alpha value is -3.45. The summed E-state index contributed by atoms with van der Waals surface area (Å²) >= 11 is 1.30. The van der Waals surface area contributed by atoms with Crippen LogP contribution in [0.3, 0.4) is 0 Å². The first-order valence-corrected chi connectivity index (χ1v) is 11.6. The van der Waals surface area contributed by atoms with Crippen molar-refractivity contribution >= 4 is 44.9 Å². The maximum atomic E-state index is 13.0. The van der Waals surface area contributed by atoms with Crippen LogP contribution in [0.2, 0.25) is 0 Å². The summed E-state index contributed by atoms with van der Waals surface area (Å²) in [5.41, 5.74) is 5.17. The number of carbonyl (C=O) groups excluding carboxylic acids is 2. The molecule has 0 saturated heterocycles. The van der Waals surface area contributed by atoms with Crippen LogP contribution >= 0.6 is 11.3 Å². The topological polar surface area (TPSA) is 86.9 Å². The van der Waals surface area contributed by atoms with Gasteiger partial charge >= 0.3 is 0 Å². The fraction of sp³-hybridized carbons (Fsp3) is 0.240. The molecule has 6 nitrogen and oxygen atoms in total. The number of hydrogen-bond acceptors (Lipinski definition) is 4. The summed E-state index contributed by atoms with van der Waals surface area (Å²) in [7, 11) is 0. The van der Waals surface area contributed by atoms with Gasteiger partial charge in [0, 0.05) is 5.69 Å². The van der Waals surface area contributed by atoms with Crippen molar-refractivity contribution in [2.75, 3.05) is 10.6 Å². The summed E-state index contributed by atoms with van der Waals surface area (Å²) in [5.74, 6) is 0.212. The van der Waals surface area contributed by atoms with Gasteiger partial charge in [-0.3, -0.25) is 14.7 Å². The molecule has 4 aromatic rings. The van der Waals surface area contributed by atoms with Crippen LogP contribution in [0, 0.1) is 6.92 Å². The Morgan fingerprint density at radius 3 is 2.34 bits per heavy atom. The second-order valence-electron chi connectivity index (χ2n) is 7.69. The molecule has 0 atom stereocenters. The van der Waals surface area contributed by atoms with E-state index in [2.05, 4.69) is 34.7 Å². The van der Waals surface area contributed by atoms with Crippen molar-refractivity contribution in [1.29, 1.82) is 0 Å². The van der Waals surface area contributed by atoms with Gasteiger partial charge in [0.15, 0.2) is 0 Å². The Morgan fingerprint density at radius 1 is 0.969 bits per heavy atom. The van der Waals surface area contributed by atoms with Gasteiger partial charge in [-0.25, -0.2) is 0 Å². The first kappa shape index (κ1) is 21.8. The van der Waals surface area contributed by atoms with E-state index in [0.717, 1.165) is 46.2 Å². The summed E-state index contributed by atoms with van der Waals surface area (Å²) in [6, 6.07) is 15.7. The number of thiophene rings is 1. The molecule has 0 aliphatic carbocycles. The molecule has 164 valence electrons. The molecule has 2 amide bonds. The third-order valence-corrected chi connectivity index (χ3v) is 6.62. The first-order chi connectivity index (χ1) is 15.5. The number of rotatable bonds is 7. The Bertz CT molecular complexity index is 1270. The number of aromatic amines is 1. The second kappa shape index (κ2) is 9.36. The lowest BCUT2D eigenvalue weighted by Crippen LogP contribution is -2.15. The number of aryl methyl sites for hydroxylation is 3. The standard InChI is InChI=1S/C25H26N4O2S/c1-4-16-11-8-12-17(5-2)22(16)27-24(31)20-14-19-23(28-29-25(19)32-20)26-21(30)13-18-10-7-6-9-15(18)3/h6-12,14H,4-5,13H2,1-3H3,(H,27,31)(H2,26,28,29,30). The minimum atomic E-state index is -0.166. The van der Waals surface area contributed by atoms with Gasteiger partial charge in [-0.05, 0) is 48.1 Å². The van der Waals surface area contributed by atoms with Gasteiger partial charge in [0.25, 0.3) is 5.91 Å². The van der Waals surface area contributed by atoms with Gasteiger partial charge in [-0.2, -0.15) is 5.10 Å². The third-order valence-electron chi connectivity index (χ3n) is 5.59. The Morgan fingerprint density at radius 2 is 1.66 bits per heavy atom. The zero-order chi connectivity index (χ0) is 22.7. The van der Waals surface area contributed by atoms with Crippen LogP contribution in [0.5, 0.6) is 0 Å². The average Bonchev–Trinajstić information content (AvgIpc) is 3.37. The molecule has 0 aliphatic heterocycles. The highest BCUT2D eigenvalue weighted by atomic mass is 32.1. The lowest BCUT2D eigenvalue weighted by Gasteiger charge is -2.13. The zero-order valence-corrected chi connectivity index (χ0v) is 19.2. The van der Waals surface area contributed by atoms with Gasteiger partial charge in [0.05, 0.1) is 16.7 Å². The molecule has 0 fully saturated rings. The summed E-state index contributed by atoms with van der Waals surface area (Å²) < 4.78 is 0. The predicted octanol–water partition coefficient (Wildman–Crippen LogP) is 5.49. The van der Waals surface area contributed by atoms with E-state index < -0.39 is 0 Å². The molecule has 2 aromatic heterocycles. The number of nitrogens with zero attached hydrogens (tertiary/aromatic N) is 1. The molecule has 3 N–H and O–H groups in total. The van der Waals surface area contributed by atoms with Crippen molar-refractivity contribution in [1.82, 2.24) is 10.2 Å². The number of amides is 2. The minimum absolute atomic E-state index is 0.133. The summed E-state index contributed by atoms with van der Waals surface area (Å²) in [5, 5.41) is 13.9. The number of H-pyrrole nitrogens is 1. The highest BCUT2D eigenvalue weighted by Gasteiger charge is 2.18. The van der Waals surface area contributed by atoms with Crippen LogP contribution in [0.4, 0.5) is 11.5 Å². The van der Waals surface area contributed by atoms with E-state index in [0.29, 0.717) is 15.5 Å². The molecule has 32 heavy (non-hydrogen) atoms. The predicted molar refractivity (Wildman–Crippen MR) is 131 cm³/mol. The van der Waals surface area contributed by atoms with Crippen LogP contribution in [-0.2, 0) is 24.1 Å². The Labute approximate surface area is 191 Å². The molecule has 0 saturated carbocycles. The van der Waals surface area contributed by atoms with Gasteiger partial charge < -0.3 is 10.6 Å². The Kier molecular flexibility index (Phi) is 6.37. The van der Waals surface area contributed by atoms with Crippen LogP contribution in [0.1, 0.15) is 45.8 Å². The highest BCUT2D eigenvalue weighted by Crippen LogP contribution is 2.31. The van der Waals surface area contributed by atoms with Gasteiger partial charge in [0.2, 0.25) is 5.91 Å². The number of hydrogen-bond donors (Lipinski definition) is 3. The molecular formula is C25H26N4O2S. The second-order valence-corrected chi connectivity index (χ2v) is 8.72. The minimum Gasteiger partial charge on any atom is -0.321 e. The summed E-state index contributed by atoms with van der Waals surface area (Å²) in [4.78, 5) is 26.8. The molecule has 0 bridgehead atoms. The molecule has 7 heteroatoms. The van der Waals surface area contributed by atoms with E-state index in [-0.39, 0.29) is 18.2 Å². The number of fused-ring (bicyclic) bond motifs is 1. The molecule has 4 rings (SSSR count). The van der Waals surface area contributed by atoms with E-state index in [1.807, 2.05) is 49.4 Å². The van der Waals surface area contributed by atoms with E-state index >= 15 is 0 Å². The summed E-state index contributed by atoms with van der Waals surface area (Å²) in [6.07, 6.45) is 1.96. The smallest absolute Gasteiger partial charge is 0.265 e. The van der Waals surface area contributed by atoms with Crippen LogP contribution < -0.4 is 10.6 Å². The first-order valence-electron chi connectivity index (χ1n) is 10.7. The number of nitrogens with one attached hydrogen (secondary N) is 3. The SMILES string of the molecule is CCc1cccc(CC)c1NC(=O)c1cc2c(NC(=O)Cc3ccccc3C)[nH]nc2s1. The van der Waals surface area contributed by atoms with Crippen molar-refractivity contribution in [3.8, 4) is 0 Å². The van der Waals surface area contributed by atoms with E-state index in [4.69, 9.17) is 0 Å².